The minimum absolute atomic E-state index is 0.185. The summed E-state index contributed by atoms with van der Waals surface area (Å²) in [7, 11) is 0. The molecular formula is C18H33NO2. The topological polar surface area (TPSA) is 29.5 Å². The highest BCUT2D eigenvalue weighted by Crippen LogP contribution is 2.47. The number of likely N-dealkylation sites (tertiary alicyclic amines) is 1. The molecule has 0 N–H and O–H groups in total. The van der Waals surface area contributed by atoms with Gasteiger partial charge in [0.2, 0.25) is 0 Å². The molecule has 1 heterocycles. The Morgan fingerprint density at radius 2 is 1.81 bits per heavy atom. The van der Waals surface area contributed by atoms with Gasteiger partial charge in [0, 0.05) is 23.3 Å². The first-order valence-corrected chi connectivity index (χ1v) is 8.60. The van der Waals surface area contributed by atoms with Crippen molar-refractivity contribution in [3.8, 4) is 0 Å². The quantitative estimate of drug-likeness (QED) is 0.751. The first kappa shape index (κ1) is 17.0. The summed E-state index contributed by atoms with van der Waals surface area (Å²) in [6, 6.07) is 0. The first-order chi connectivity index (χ1) is 9.72. The molecule has 2 rings (SSSR count). The number of piperidine rings is 1. The molecule has 0 amide bonds. The number of ether oxygens (including phenoxy) is 1. The Balaban J connectivity index is 1.76. The Kier molecular flexibility index (Phi) is 5.15. The molecule has 3 heteroatoms. The summed E-state index contributed by atoms with van der Waals surface area (Å²) in [5, 5.41) is 0. The van der Waals surface area contributed by atoms with Gasteiger partial charge in [-0.1, -0.05) is 20.8 Å². The molecule has 2 fully saturated rings. The van der Waals surface area contributed by atoms with Gasteiger partial charge in [-0.15, -0.1) is 0 Å². The number of rotatable bonds is 6. The van der Waals surface area contributed by atoms with Crippen molar-refractivity contribution in [2.24, 2.45) is 16.7 Å². The zero-order chi connectivity index (χ0) is 15.7. The van der Waals surface area contributed by atoms with Crippen LogP contribution in [0.2, 0.25) is 0 Å². The Morgan fingerprint density at radius 1 is 1.24 bits per heavy atom. The van der Waals surface area contributed by atoms with Crippen molar-refractivity contribution in [1.82, 2.24) is 4.90 Å². The minimum atomic E-state index is -0.185. The predicted molar refractivity (Wildman–Crippen MR) is 86.4 cm³/mol. The lowest BCUT2D eigenvalue weighted by Crippen LogP contribution is -2.42. The molecule has 0 radical (unpaired) electrons. The normalized spacial score (nSPS) is 23.5. The highest BCUT2D eigenvalue weighted by atomic mass is 16.5. The van der Waals surface area contributed by atoms with Crippen LogP contribution in [0.1, 0.15) is 60.3 Å². The van der Waals surface area contributed by atoms with Crippen LogP contribution >= 0.6 is 0 Å². The van der Waals surface area contributed by atoms with Gasteiger partial charge in [-0.25, -0.2) is 0 Å². The van der Waals surface area contributed by atoms with Crippen LogP contribution in [0, 0.1) is 16.7 Å². The monoisotopic (exact) mass is 295 g/mol. The van der Waals surface area contributed by atoms with Gasteiger partial charge < -0.3 is 9.64 Å². The second kappa shape index (κ2) is 6.37. The summed E-state index contributed by atoms with van der Waals surface area (Å²) < 4.78 is 5.83. The van der Waals surface area contributed by atoms with Crippen LogP contribution in [-0.4, -0.2) is 43.0 Å². The van der Waals surface area contributed by atoms with Crippen molar-refractivity contribution in [1.29, 1.82) is 0 Å². The maximum Gasteiger partial charge on any atom is 0.141 e. The second-order valence-corrected chi connectivity index (χ2v) is 8.52. The van der Waals surface area contributed by atoms with Crippen molar-refractivity contribution in [3.63, 3.8) is 0 Å². The van der Waals surface area contributed by atoms with Gasteiger partial charge in [-0.3, -0.25) is 4.79 Å². The third-order valence-electron chi connectivity index (χ3n) is 4.94. The lowest BCUT2D eigenvalue weighted by molar-refractivity contribution is -0.132. The molecule has 3 nitrogen and oxygen atoms in total. The smallest absolute Gasteiger partial charge is 0.141 e. The van der Waals surface area contributed by atoms with Crippen molar-refractivity contribution in [2.45, 2.75) is 66.4 Å². The third kappa shape index (κ3) is 4.79. The molecule has 0 aromatic rings. The van der Waals surface area contributed by atoms with E-state index in [9.17, 15) is 4.79 Å². The summed E-state index contributed by atoms with van der Waals surface area (Å²) in [4.78, 5) is 14.9. The lowest BCUT2D eigenvalue weighted by Gasteiger charge is -2.36. The highest BCUT2D eigenvalue weighted by Gasteiger charge is 2.45. The van der Waals surface area contributed by atoms with E-state index in [1.165, 1.54) is 12.8 Å². The molecular weight excluding hydrogens is 262 g/mol. The summed E-state index contributed by atoms with van der Waals surface area (Å²) in [6.07, 6.45) is 5.02. The molecule has 122 valence electrons. The van der Waals surface area contributed by atoms with E-state index in [1.807, 2.05) is 20.8 Å². The maximum atomic E-state index is 12.4. The van der Waals surface area contributed by atoms with Gasteiger partial charge in [-0.05, 0) is 52.6 Å². The van der Waals surface area contributed by atoms with Gasteiger partial charge in [0.05, 0.1) is 12.7 Å². The van der Waals surface area contributed by atoms with E-state index in [0.29, 0.717) is 17.3 Å². The van der Waals surface area contributed by atoms with E-state index in [0.717, 1.165) is 39.1 Å². The number of carbonyl (C=O) groups is 1. The van der Waals surface area contributed by atoms with Crippen molar-refractivity contribution >= 4 is 5.78 Å². The van der Waals surface area contributed by atoms with Gasteiger partial charge in [0.1, 0.15) is 5.78 Å². The summed E-state index contributed by atoms with van der Waals surface area (Å²) in [5.41, 5.74) is 0.237. The summed E-state index contributed by atoms with van der Waals surface area (Å²) in [5.74, 6) is 0.731. The van der Waals surface area contributed by atoms with Crippen LogP contribution < -0.4 is 0 Å². The Labute approximate surface area is 130 Å². The molecule has 0 aromatic heterocycles. The average Bonchev–Trinajstić information content (AvgIpc) is 3.16. The number of carbonyl (C=O) groups excluding carboxylic acids is 1. The maximum absolute atomic E-state index is 12.4. The van der Waals surface area contributed by atoms with E-state index in [-0.39, 0.29) is 11.3 Å². The van der Waals surface area contributed by atoms with Crippen LogP contribution in [0.25, 0.3) is 0 Å². The SMILES string of the molecule is CC(C)OCC1(CN2CCC(C(=O)C(C)(C)C)CC2)CC1. The molecule has 21 heavy (non-hydrogen) atoms. The molecule has 1 saturated heterocycles. The van der Waals surface area contributed by atoms with Crippen LogP contribution in [0.5, 0.6) is 0 Å². The Hall–Kier alpha value is -0.410. The van der Waals surface area contributed by atoms with E-state index < -0.39 is 0 Å². The summed E-state index contributed by atoms with van der Waals surface area (Å²) in [6.45, 7) is 14.6. The number of Topliss-reactive ketones (excluding diaryl/α,β-unsaturated/α-hetero) is 1. The molecule has 0 unspecified atom stereocenters. The molecule has 0 atom stereocenters. The van der Waals surface area contributed by atoms with Crippen LogP contribution in [0.4, 0.5) is 0 Å². The van der Waals surface area contributed by atoms with Crippen molar-refractivity contribution < 1.29 is 9.53 Å². The highest BCUT2D eigenvalue weighted by molar-refractivity contribution is 5.86. The van der Waals surface area contributed by atoms with E-state index in [1.54, 1.807) is 0 Å². The standard InChI is InChI=1S/C18H33NO2/c1-14(2)21-13-18(8-9-18)12-19-10-6-15(7-11-19)16(20)17(3,4)5/h14-15H,6-13H2,1-5H3. The van der Waals surface area contributed by atoms with E-state index in [2.05, 4.69) is 18.7 Å². The zero-order valence-electron chi connectivity index (χ0n) is 14.6. The molecule has 2 aliphatic rings. The summed E-state index contributed by atoms with van der Waals surface area (Å²) >= 11 is 0. The van der Waals surface area contributed by atoms with Gasteiger partial charge in [0.25, 0.3) is 0 Å². The Morgan fingerprint density at radius 3 is 2.24 bits per heavy atom. The number of hydrogen-bond donors (Lipinski definition) is 0. The van der Waals surface area contributed by atoms with Gasteiger partial charge in [0.15, 0.2) is 0 Å². The molecule has 0 aromatic carbocycles. The largest absolute Gasteiger partial charge is 0.378 e. The fourth-order valence-corrected chi connectivity index (χ4v) is 3.31. The zero-order valence-corrected chi connectivity index (χ0v) is 14.6. The number of nitrogens with zero attached hydrogens (tertiary/aromatic N) is 1. The van der Waals surface area contributed by atoms with Gasteiger partial charge in [-0.2, -0.15) is 0 Å². The fraction of sp³-hybridized carbons (Fsp3) is 0.944. The molecule has 0 bridgehead atoms. The number of ketones is 1. The molecule has 1 saturated carbocycles. The van der Waals surface area contributed by atoms with E-state index in [4.69, 9.17) is 4.74 Å². The third-order valence-corrected chi connectivity index (χ3v) is 4.94. The molecule has 0 spiro atoms. The van der Waals surface area contributed by atoms with Gasteiger partial charge >= 0.3 is 0 Å². The fourth-order valence-electron chi connectivity index (χ4n) is 3.31. The lowest BCUT2D eigenvalue weighted by atomic mass is 9.79. The number of hydrogen-bond acceptors (Lipinski definition) is 3. The average molecular weight is 295 g/mol. The van der Waals surface area contributed by atoms with Crippen LogP contribution in [0.15, 0.2) is 0 Å². The Bertz CT molecular complexity index is 358. The molecule has 1 aliphatic heterocycles. The molecule has 1 aliphatic carbocycles. The van der Waals surface area contributed by atoms with Crippen LogP contribution in [-0.2, 0) is 9.53 Å². The predicted octanol–water partition coefficient (Wildman–Crippen LogP) is 3.52. The van der Waals surface area contributed by atoms with Crippen molar-refractivity contribution in [3.05, 3.63) is 0 Å². The van der Waals surface area contributed by atoms with Crippen molar-refractivity contribution in [2.75, 3.05) is 26.2 Å². The second-order valence-electron chi connectivity index (χ2n) is 8.52. The first-order valence-electron chi connectivity index (χ1n) is 8.60. The minimum Gasteiger partial charge on any atom is -0.378 e. The van der Waals surface area contributed by atoms with E-state index >= 15 is 0 Å². The van der Waals surface area contributed by atoms with Crippen LogP contribution in [0.3, 0.4) is 0 Å².